The van der Waals surface area contributed by atoms with Crippen LogP contribution >= 0.6 is 0 Å². The SMILES string of the molecule is Cc1coc(C2(O)C=CC(C)CC2)c1. The minimum Gasteiger partial charge on any atom is -0.466 e. The fourth-order valence-electron chi connectivity index (χ4n) is 1.81. The fourth-order valence-corrected chi connectivity index (χ4v) is 1.81. The second kappa shape index (κ2) is 3.28. The molecular formula is C12H16O2. The summed E-state index contributed by atoms with van der Waals surface area (Å²) in [5.74, 6) is 1.23. The summed E-state index contributed by atoms with van der Waals surface area (Å²) >= 11 is 0. The maximum absolute atomic E-state index is 10.3. The lowest BCUT2D eigenvalue weighted by molar-refractivity contribution is 0.0448. The first kappa shape index (κ1) is 9.53. The first-order chi connectivity index (χ1) is 6.60. The van der Waals surface area contributed by atoms with Crippen LogP contribution in [-0.4, -0.2) is 5.11 Å². The van der Waals surface area contributed by atoms with Gasteiger partial charge in [-0.1, -0.05) is 13.0 Å². The minimum absolute atomic E-state index is 0.561. The number of aliphatic hydroxyl groups is 1. The van der Waals surface area contributed by atoms with E-state index in [0.29, 0.717) is 11.7 Å². The highest BCUT2D eigenvalue weighted by Crippen LogP contribution is 2.35. The summed E-state index contributed by atoms with van der Waals surface area (Å²) < 4.78 is 5.34. The molecule has 2 heteroatoms. The van der Waals surface area contributed by atoms with E-state index in [1.807, 2.05) is 19.1 Å². The molecule has 76 valence electrons. The second-order valence-electron chi connectivity index (χ2n) is 4.29. The smallest absolute Gasteiger partial charge is 0.140 e. The maximum Gasteiger partial charge on any atom is 0.140 e. The molecule has 1 aromatic rings. The minimum atomic E-state index is -0.874. The van der Waals surface area contributed by atoms with E-state index in [0.717, 1.165) is 18.4 Å². The van der Waals surface area contributed by atoms with Gasteiger partial charge in [-0.05, 0) is 43.4 Å². The van der Waals surface area contributed by atoms with Gasteiger partial charge in [0.15, 0.2) is 0 Å². The lowest BCUT2D eigenvalue weighted by atomic mass is 9.84. The zero-order valence-electron chi connectivity index (χ0n) is 8.66. The third-order valence-electron chi connectivity index (χ3n) is 2.84. The number of aryl methyl sites for hydroxylation is 1. The van der Waals surface area contributed by atoms with Crippen molar-refractivity contribution in [2.75, 3.05) is 0 Å². The van der Waals surface area contributed by atoms with Gasteiger partial charge in [-0.2, -0.15) is 0 Å². The Bertz CT molecular complexity index is 351. The monoisotopic (exact) mass is 192 g/mol. The maximum atomic E-state index is 10.3. The predicted molar refractivity (Wildman–Crippen MR) is 54.9 cm³/mol. The zero-order chi connectivity index (χ0) is 10.2. The molecule has 0 spiro atoms. The Morgan fingerprint density at radius 1 is 1.57 bits per heavy atom. The molecule has 0 saturated heterocycles. The fraction of sp³-hybridized carbons (Fsp3) is 0.500. The first-order valence-corrected chi connectivity index (χ1v) is 5.07. The average molecular weight is 192 g/mol. The van der Waals surface area contributed by atoms with E-state index in [-0.39, 0.29) is 0 Å². The van der Waals surface area contributed by atoms with Crippen LogP contribution in [0.4, 0.5) is 0 Å². The molecule has 1 N–H and O–H groups in total. The van der Waals surface area contributed by atoms with Gasteiger partial charge >= 0.3 is 0 Å². The zero-order valence-corrected chi connectivity index (χ0v) is 8.66. The number of hydrogen-bond donors (Lipinski definition) is 1. The van der Waals surface area contributed by atoms with Crippen LogP contribution in [0.1, 0.15) is 31.1 Å². The van der Waals surface area contributed by atoms with Gasteiger partial charge in [0, 0.05) is 0 Å². The summed E-state index contributed by atoms with van der Waals surface area (Å²) in [4.78, 5) is 0. The van der Waals surface area contributed by atoms with E-state index >= 15 is 0 Å². The largest absolute Gasteiger partial charge is 0.466 e. The van der Waals surface area contributed by atoms with Crippen molar-refractivity contribution in [1.29, 1.82) is 0 Å². The van der Waals surface area contributed by atoms with Crippen LogP contribution < -0.4 is 0 Å². The number of furan rings is 1. The van der Waals surface area contributed by atoms with Gasteiger partial charge in [0.1, 0.15) is 11.4 Å². The lowest BCUT2D eigenvalue weighted by Crippen LogP contribution is -2.26. The van der Waals surface area contributed by atoms with Gasteiger partial charge in [0.05, 0.1) is 6.26 Å². The Labute approximate surface area is 84.2 Å². The lowest BCUT2D eigenvalue weighted by Gasteiger charge is -2.27. The Hall–Kier alpha value is -1.02. The molecule has 0 amide bonds. The summed E-state index contributed by atoms with van der Waals surface area (Å²) in [6, 6.07) is 1.90. The van der Waals surface area contributed by atoms with Crippen molar-refractivity contribution >= 4 is 0 Å². The van der Waals surface area contributed by atoms with Crippen LogP contribution in [0.2, 0.25) is 0 Å². The van der Waals surface area contributed by atoms with Crippen molar-refractivity contribution in [2.45, 2.75) is 32.3 Å². The van der Waals surface area contributed by atoms with Crippen molar-refractivity contribution in [3.63, 3.8) is 0 Å². The standard InChI is InChI=1S/C12H16O2/c1-9-3-5-12(13,6-4-9)11-7-10(2)8-14-11/h3,5,7-9,13H,4,6H2,1-2H3. The summed E-state index contributed by atoms with van der Waals surface area (Å²) in [7, 11) is 0. The van der Waals surface area contributed by atoms with Gasteiger partial charge in [-0.3, -0.25) is 0 Å². The molecule has 0 aromatic carbocycles. The first-order valence-electron chi connectivity index (χ1n) is 5.07. The van der Waals surface area contributed by atoms with Crippen molar-refractivity contribution in [3.8, 4) is 0 Å². The van der Waals surface area contributed by atoms with Crippen LogP contribution in [0.5, 0.6) is 0 Å². The molecule has 2 nitrogen and oxygen atoms in total. The Kier molecular flexibility index (Phi) is 2.23. The molecule has 0 bridgehead atoms. The Balaban J connectivity index is 2.29. The Morgan fingerprint density at radius 2 is 2.36 bits per heavy atom. The van der Waals surface area contributed by atoms with Gasteiger partial charge in [-0.25, -0.2) is 0 Å². The number of rotatable bonds is 1. The van der Waals surface area contributed by atoms with Crippen LogP contribution in [-0.2, 0) is 5.60 Å². The average Bonchev–Trinajstić information content (AvgIpc) is 2.58. The van der Waals surface area contributed by atoms with E-state index in [1.54, 1.807) is 6.26 Å². The van der Waals surface area contributed by atoms with Crippen LogP contribution in [0, 0.1) is 12.8 Å². The van der Waals surface area contributed by atoms with E-state index < -0.39 is 5.60 Å². The summed E-state index contributed by atoms with van der Waals surface area (Å²) in [5.41, 5.74) is 0.182. The van der Waals surface area contributed by atoms with Gasteiger partial charge in [0.2, 0.25) is 0 Å². The van der Waals surface area contributed by atoms with Gasteiger partial charge < -0.3 is 9.52 Å². The molecule has 0 fully saturated rings. The highest BCUT2D eigenvalue weighted by atomic mass is 16.4. The van der Waals surface area contributed by atoms with Crippen LogP contribution in [0.3, 0.4) is 0 Å². The van der Waals surface area contributed by atoms with Gasteiger partial charge in [0.25, 0.3) is 0 Å². The molecule has 2 atom stereocenters. The van der Waals surface area contributed by atoms with Crippen LogP contribution in [0.15, 0.2) is 28.9 Å². The second-order valence-corrected chi connectivity index (χ2v) is 4.29. The molecule has 0 aliphatic heterocycles. The molecule has 2 unspecified atom stereocenters. The molecule has 1 heterocycles. The summed E-state index contributed by atoms with van der Waals surface area (Å²) in [5, 5.41) is 10.3. The van der Waals surface area contributed by atoms with Crippen molar-refractivity contribution < 1.29 is 9.52 Å². The van der Waals surface area contributed by atoms with E-state index in [4.69, 9.17) is 4.42 Å². The topological polar surface area (TPSA) is 33.4 Å². The van der Waals surface area contributed by atoms with Crippen molar-refractivity contribution in [2.24, 2.45) is 5.92 Å². The number of hydrogen-bond acceptors (Lipinski definition) is 2. The molecule has 0 saturated carbocycles. The molecule has 1 aliphatic rings. The van der Waals surface area contributed by atoms with Gasteiger partial charge in [-0.15, -0.1) is 0 Å². The predicted octanol–water partition coefficient (Wildman–Crippen LogP) is 2.76. The summed E-state index contributed by atoms with van der Waals surface area (Å²) in [6.45, 7) is 4.12. The quantitative estimate of drug-likeness (QED) is 0.694. The molecule has 1 aromatic heterocycles. The van der Waals surface area contributed by atoms with E-state index in [2.05, 4.69) is 13.0 Å². The third-order valence-corrected chi connectivity index (χ3v) is 2.84. The molecular weight excluding hydrogens is 176 g/mol. The Morgan fingerprint density at radius 3 is 2.86 bits per heavy atom. The van der Waals surface area contributed by atoms with Crippen LogP contribution in [0.25, 0.3) is 0 Å². The van der Waals surface area contributed by atoms with E-state index in [9.17, 15) is 5.11 Å². The molecule has 1 aliphatic carbocycles. The number of allylic oxidation sites excluding steroid dienone is 1. The van der Waals surface area contributed by atoms with E-state index in [1.165, 1.54) is 0 Å². The normalized spacial score (nSPS) is 32.1. The van der Waals surface area contributed by atoms with Crippen molar-refractivity contribution in [3.05, 3.63) is 35.8 Å². The highest BCUT2D eigenvalue weighted by molar-refractivity contribution is 5.23. The molecule has 0 radical (unpaired) electrons. The molecule has 14 heavy (non-hydrogen) atoms. The third kappa shape index (κ3) is 1.62. The van der Waals surface area contributed by atoms with Crippen molar-refractivity contribution in [1.82, 2.24) is 0 Å². The molecule has 2 rings (SSSR count). The highest BCUT2D eigenvalue weighted by Gasteiger charge is 2.32. The summed E-state index contributed by atoms with van der Waals surface area (Å²) in [6.07, 6.45) is 7.35.